The van der Waals surface area contributed by atoms with Crippen molar-refractivity contribution in [3.63, 3.8) is 0 Å². The van der Waals surface area contributed by atoms with Gasteiger partial charge in [0.25, 0.3) is 0 Å². The van der Waals surface area contributed by atoms with Crippen LogP contribution in [0.2, 0.25) is 0 Å². The quantitative estimate of drug-likeness (QED) is 0.854. The highest BCUT2D eigenvalue weighted by molar-refractivity contribution is 5.64. The Morgan fingerprint density at radius 2 is 1.85 bits per heavy atom. The monoisotopic (exact) mass is 267 g/mol. The molecule has 0 bridgehead atoms. The molecule has 1 N–H and O–H groups in total. The van der Waals surface area contributed by atoms with E-state index in [4.69, 9.17) is 4.74 Å². The van der Waals surface area contributed by atoms with Gasteiger partial charge in [-0.15, -0.1) is 0 Å². The molecule has 104 valence electrons. The van der Waals surface area contributed by atoms with Crippen LogP contribution in [0.1, 0.15) is 25.3 Å². The van der Waals surface area contributed by atoms with Gasteiger partial charge in [0.1, 0.15) is 5.75 Å². The number of hydrogen-bond donors (Lipinski definition) is 1. The molecule has 1 aliphatic carbocycles. The number of benzene rings is 2. The molecule has 3 rings (SSSR count). The van der Waals surface area contributed by atoms with E-state index in [1.54, 1.807) is 0 Å². The summed E-state index contributed by atoms with van der Waals surface area (Å²) in [5.41, 5.74) is 3.85. The molecule has 0 aliphatic heterocycles. The van der Waals surface area contributed by atoms with E-state index >= 15 is 0 Å². The Morgan fingerprint density at radius 1 is 1.05 bits per heavy atom. The maximum atomic E-state index is 5.48. The van der Waals surface area contributed by atoms with Gasteiger partial charge in [-0.25, -0.2) is 0 Å². The van der Waals surface area contributed by atoms with Gasteiger partial charge in [0.15, 0.2) is 0 Å². The first-order chi connectivity index (χ1) is 9.85. The topological polar surface area (TPSA) is 21.3 Å². The molecule has 2 heteroatoms. The second-order valence-electron chi connectivity index (χ2n) is 5.31. The molecule has 0 spiro atoms. The molecule has 0 heterocycles. The van der Waals surface area contributed by atoms with Gasteiger partial charge in [-0.05, 0) is 54.7 Å². The smallest absolute Gasteiger partial charge is 0.119 e. The van der Waals surface area contributed by atoms with Crippen LogP contribution in [0, 0.1) is 0 Å². The van der Waals surface area contributed by atoms with E-state index < -0.39 is 0 Å². The van der Waals surface area contributed by atoms with Crippen molar-refractivity contribution in [2.24, 2.45) is 0 Å². The molecule has 0 saturated heterocycles. The van der Waals surface area contributed by atoms with Crippen LogP contribution in [0.4, 0.5) is 0 Å². The zero-order valence-corrected chi connectivity index (χ0v) is 11.9. The van der Waals surface area contributed by atoms with Crippen LogP contribution in [-0.4, -0.2) is 12.6 Å². The van der Waals surface area contributed by atoms with Gasteiger partial charge in [-0.1, -0.05) is 30.3 Å². The van der Waals surface area contributed by atoms with Crippen molar-refractivity contribution >= 4 is 0 Å². The van der Waals surface area contributed by atoms with Gasteiger partial charge in [0.2, 0.25) is 0 Å². The fraction of sp³-hybridized carbons (Fsp3) is 0.333. The summed E-state index contributed by atoms with van der Waals surface area (Å²) >= 11 is 0. The van der Waals surface area contributed by atoms with E-state index in [0.29, 0.717) is 6.61 Å². The molecule has 0 radical (unpaired) electrons. The first-order valence-corrected chi connectivity index (χ1v) is 7.40. The van der Waals surface area contributed by atoms with E-state index in [2.05, 4.69) is 41.7 Å². The van der Waals surface area contributed by atoms with Crippen molar-refractivity contribution in [2.75, 3.05) is 6.61 Å². The molecule has 1 saturated carbocycles. The van der Waals surface area contributed by atoms with E-state index in [0.717, 1.165) is 18.3 Å². The van der Waals surface area contributed by atoms with Crippen molar-refractivity contribution in [3.05, 3.63) is 54.1 Å². The lowest BCUT2D eigenvalue weighted by Crippen LogP contribution is -2.15. The average Bonchev–Trinajstić information content (AvgIpc) is 3.31. The van der Waals surface area contributed by atoms with Crippen LogP contribution in [0.3, 0.4) is 0 Å². The minimum Gasteiger partial charge on any atom is -0.494 e. The average molecular weight is 267 g/mol. The van der Waals surface area contributed by atoms with Crippen LogP contribution in [0.5, 0.6) is 5.75 Å². The summed E-state index contributed by atoms with van der Waals surface area (Å²) in [5.74, 6) is 0.933. The van der Waals surface area contributed by atoms with Gasteiger partial charge in [-0.2, -0.15) is 0 Å². The summed E-state index contributed by atoms with van der Waals surface area (Å²) in [5, 5.41) is 3.56. The van der Waals surface area contributed by atoms with E-state index in [1.165, 1.54) is 29.5 Å². The minimum absolute atomic E-state index is 0.710. The van der Waals surface area contributed by atoms with Gasteiger partial charge in [0, 0.05) is 12.6 Å². The van der Waals surface area contributed by atoms with Crippen LogP contribution in [0.25, 0.3) is 11.1 Å². The van der Waals surface area contributed by atoms with E-state index in [1.807, 2.05) is 19.1 Å². The SMILES string of the molecule is CCOc1ccc(-c2cccc(CNC3CC3)c2)cc1. The predicted octanol–water partition coefficient (Wildman–Crippen LogP) is 4.00. The fourth-order valence-corrected chi connectivity index (χ4v) is 2.32. The van der Waals surface area contributed by atoms with Crippen molar-refractivity contribution in [3.8, 4) is 16.9 Å². The van der Waals surface area contributed by atoms with Gasteiger partial charge >= 0.3 is 0 Å². The normalized spacial score (nSPS) is 14.2. The highest BCUT2D eigenvalue weighted by Crippen LogP contribution is 2.24. The molecule has 0 atom stereocenters. The molecule has 0 unspecified atom stereocenters. The molecule has 0 amide bonds. The van der Waals surface area contributed by atoms with Crippen molar-refractivity contribution in [1.82, 2.24) is 5.32 Å². The molecule has 20 heavy (non-hydrogen) atoms. The molecular weight excluding hydrogens is 246 g/mol. The minimum atomic E-state index is 0.710. The van der Waals surface area contributed by atoms with Crippen LogP contribution in [-0.2, 0) is 6.54 Å². The third kappa shape index (κ3) is 3.40. The van der Waals surface area contributed by atoms with Gasteiger partial charge in [-0.3, -0.25) is 0 Å². The summed E-state index contributed by atoms with van der Waals surface area (Å²) in [6.45, 7) is 3.68. The number of hydrogen-bond acceptors (Lipinski definition) is 2. The highest BCUT2D eigenvalue weighted by Gasteiger charge is 2.19. The second-order valence-corrected chi connectivity index (χ2v) is 5.31. The number of rotatable bonds is 6. The summed E-state index contributed by atoms with van der Waals surface area (Å²) < 4.78 is 5.48. The van der Waals surface area contributed by atoms with Crippen molar-refractivity contribution < 1.29 is 4.74 Å². The lowest BCUT2D eigenvalue weighted by atomic mass is 10.0. The summed E-state index contributed by atoms with van der Waals surface area (Å²) in [6.07, 6.45) is 2.66. The van der Waals surface area contributed by atoms with Crippen LogP contribution in [0.15, 0.2) is 48.5 Å². The third-order valence-electron chi connectivity index (χ3n) is 3.60. The Labute approximate surface area is 120 Å². The maximum Gasteiger partial charge on any atom is 0.119 e. The molecule has 1 fully saturated rings. The first kappa shape index (κ1) is 13.2. The van der Waals surface area contributed by atoms with Crippen molar-refractivity contribution in [2.45, 2.75) is 32.4 Å². The molecule has 2 nitrogen and oxygen atoms in total. The Kier molecular flexibility index (Phi) is 4.03. The number of ether oxygens (including phenoxy) is 1. The highest BCUT2D eigenvalue weighted by atomic mass is 16.5. The Morgan fingerprint density at radius 3 is 2.55 bits per heavy atom. The predicted molar refractivity (Wildman–Crippen MR) is 82.9 cm³/mol. The summed E-state index contributed by atoms with van der Waals surface area (Å²) in [4.78, 5) is 0. The van der Waals surface area contributed by atoms with Crippen molar-refractivity contribution in [1.29, 1.82) is 0 Å². The Balaban J connectivity index is 1.72. The molecule has 2 aromatic rings. The van der Waals surface area contributed by atoms with Crippen LogP contribution >= 0.6 is 0 Å². The molecule has 2 aromatic carbocycles. The standard InChI is InChI=1S/C18H21NO/c1-2-20-18-10-6-15(7-11-18)16-5-3-4-14(12-16)13-19-17-8-9-17/h3-7,10-12,17,19H,2,8-9,13H2,1H3. The Bertz CT molecular complexity index is 558. The third-order valence-corrected chi connectivity index (χ3v) is 3.60. The number of nitrogens with one attached hydrogen (secondary N) is 1. The lowest BCUT2D eigenvalue weighted by Gasteiger charge is -2.08. The second kappa shape index (κ2) is 6.10. The Hall–Kier alpha value is -1.80. The molecule has 0 aromatic heterocycles. The first-order valence-electron chi connectivity index (χ1n) is 7.40. The zero-order valence-electron chi connectivity index (χ0n) is 11.9. The van der Waals surface area contributed by atoms with E-state index in [9.17, 15) is 0 Å². The molecular formula is C18H21NO. The van der Waals surface area contributed by atoms with Crippen LogP contribution < -0.4 is 10.1 Å². The maximum absolute atomic E-state index is 5.48. The summed E-state index contributed by atoms with van der Waals surface area (Å²) in [6, 6.07) is 17.8. The van der Waals surface area contributed by atoms with E-state index in [-0.39, 0.29) is 0 Å². The fourth-order valence-electron chi connectivity index (χ4n) is 2.32. The van der Waals surface area contributed by atoms with Gasteiger partial charge < -0.3 is 10.1 Å². The largest absolute Gasteiger partial charge is 0.494 e. The summed E-state index contributed by atoms with van der Waals surface area (Å²) in [7, 11) is 0. The lowest BCUT2D eigenvalue weighted by molar-refractivity contribution is 0.340. The molecule has 1 aliphatic rings. The zero-order chi connectivity index (χ0) is 13.8. The van der Waals surface area contributed by atoms with Gasteiger partial charge in [0.05, 0.1) is 6.61 Å².